The highest BCUT2D eigenvalue weighted by atomic mass is 19.1. The number of nitriles is 1. The summed E-state index contributed by atoms with van der Waals surface area (Å²) in [5.74, 6) is 0.513. The van der Waals surface area contributed by atoms with Gasteiger partial charge in [0.1, 0.15) is 29.4 Å². The van der Waals surface area contributed by atoms with Gasteiger partial charge < -0.3 is 19.8 Å². The Labute approximate surface area is 251 Å². The Balaban J connectivity index is 0.00000180. The number of piperazine rings is 1. The molecule has 5 heterocycles. The van der Waals surface area contributed by atoms with E-state index in [1.807, 2.05) is 27.8 Å². The van der Waals surface area contributed by atoms with Gasteiger partial charge >= 0.3 is 0 Å². The van der Waals surface area contributed by atoms with E-state index in [0.717, 1.165) is 0 Å². The average molecular weight is 585 g/mol. The average Bonchev–Trinajstić information content (AvgIpc) is 3.43. The van der Waals surface area contributed by atoms with Gasteiger partial charge in [-0.15, -0.1) is 0 Å². The van der Waals surface area contributed by atoms with Crippen LogP contribution in [0.15, 0.2) is 55.1 Å². The lowest BCUT2D eigenvalue weighted by molar-refractivity contribution is -0.158. The number of carbonyl (C=O) groups excluding carboxylic acids is 1. The first-order chi connectivity index (χ1) is 20.8. The maximum Gasteiger partial charge on any atom is 0.254 e. The molecule has 11 heteroatoms. The van der Waals surface area contributed by atoms with Crippen molar-refractivity contribution in [2.24, 2.45) is 0 Å². The van der Waals surface area contributed by atoms with E-state index < -0.39 is 5.60 Å². The van der Waals surface area contributed by atoms with Gasteiger partial charge in [-0.05, 0) is 45.0 Å². The Bertz CT molecular complexity index is 1660. The summed E-state index contributed by atoms with van der Waals surface area (Å²) in [4.78, 5) is 33.1. The summed E-state index contributed by atoms with van der Waals surface area (Å²) in [5.41, 5.74) is 0.632. The molecule has 2 fully saturated rings. The number of halogens is 1. The molecule has 1 N–H and O–H groups in total. The van der Waals surface area contributed by atoms with E-state index in [1.54, 1.807) is 52.2 Å². The number of fused-ring (bicyclic) bond motifs is 1. The van der Waals surface area contributed by atoms with Crippen LogP contribution in [0.5, 0.6) is 0 Å². The van der Waals surface area contributed by atoms with Crippen LogP contribution in [0.1, 0.15) is 39.2 Å². The van der Waals surface area contributed by atoms with Crippen LogP contribution in [0.25, 0.3) is 28.0 Å². The zero-order valence-corrected chi connectivity index (χ0v) is 25.0. The van der Waals surface area contributed by atoms with Crippen molar-refractivity contribution < 1.29 is 14.3 Å². The van der Waals surface area contributed by atoms with Crippen molar-refractivity contribution >= 4 is 22.8 Å². The lowest BCUT2D eigenvalue weighted by Crippen LogP contribution is -2.61. The van der Waals surface area contributed by atoms with Crippen LogP contribution in [0.4, 0.5) is 10.2 Å². The van der Waals surface area contributed by atoms with Crippen LogP contribution in [-0.4, -0.2) is 91.7 Å². The number of aliphatic hydroxyl groups is 1. The SMILES string of the molecule is CC.CC1CN(c2ncnc3c2c(-c2ccccc2F)cn3-c2cc(C#N)ccn2)CCN1C(=O)C1(O)CCN(C)CC1. The summed E-state index contributed by atoms with van der Waals surface area (Å²) in [5, 5.41) is 21.3. The third-order valence-electron chi connectivity index (χ3n) is 8.25. The van der Waals surface area contributed by atoms with Gasteiger partial charge in [0.25, 0.3) is 5.91 Å². The van der Waals surface area contributed by atoms with Crippen molar-refractivity contribution in [3.8, 4) is 23.0 Å². The second-order valence-corrected chi connectivity index (χ2v) is 10.9. The smallest absolute Gasteiger partial charge is 0.254 e. The summed E-state index contributed by atoms with van der Waals surface area (Å²) >= 11 is 0. The molecular weight excluding hydrogens is 547 g/mol. The highest BCUT2D eigenvalue weighted by Gasteiger charge is 2.44. The highest BCUT2D eigenvalue weighted by Crippen LogP contribution is 2.38. The zero-order chi connectivity index (χ0) is 30.7. The van der Waals surface area contributed by atoms with Crippen LogP contribution in [0, 0.1) is 17.1 Å². The zero-order valence-electron chi connectivity index (χ0n) is 25.0. The fourth-order valence-electron chi connectivity index (χ4n) is 5.88. The number of carbonyl (C=O) groups is 1. The van der Waals surface area contributed by atoms with Gasteiger partial charge in [-0.3, -0.25) is 9.36 Å². The minimum Gasteiger partial charge on any atom is -0.380 e. The summed E-state index contributed by atoms with van der Waals surface area (Å²) in [7, 11) is 1.99. The van der Waals surface area contributed by atoms with Crippen molar-refractivity contribution in [2.45, 2.75) is 45.3 Å². The third-order valence-corrected chi connectivity index (χ3v) is 8.25. The number of pyridine rings is 1. The summed E-state index contributed by atoms with van der Waals surface area (Å²) in [6.45, 7) is 8.72. The molecule has 0 saturated carbocycles. The first-order valence-corrected chi connectivity index (χ1v) is 14.7. The van der Waals surface area contributed by atoms with E-state index in [2.05, 4.69) is 30.8 Å². The van der Waals surface area contributed by atoms with Gasteiger partial charge in [0.2, 0.25) is 0 Å². The first-order valence-electron chi connectivity index (χ1n) is 14.7. The summed E-state index contributed by atoms with van der Waals surface area (Å²) < 4.78 is 16.9. The molecule has 10 nitrogen and oxygen atoms in total. The minimum absolute atomic E-state index is 0.182. The van der Waals surface area contributed by atoms with Crippen LogP contribution in [0.3, 0.4) is 0 Å². The molecule has 2 saturated heterocycles. The second-order valence-electron chi connectivity index (χ2n) is 10.9. The van der Waals surface area contributed by atoms with E-state index in [1.165, 1.54) is 12.4 Å². The molecule has 3 aromatic heterocycles. The number of hydrogen-bond acceptors (Lipinski definition) is 8. The number of likely N-dealkylation sites (tertiary alicyclic amines) is 1. The van der Waals surface area contributed by atoms with Crippen molar-refractivity contribution in [1.82, 2.24) is 29.3 Å². The summed E-state index contributed by atoms with van der Waals surface area (Å²) in [6, 6.07) is 11.8. The maximum atomic E-state index is 15.2. The topological polar surface area (TPSA) is 114 Å². The normalized spacial score (nSPS) is 18.6. The van der Waals surface area contributed by atoms with Crippen molar-refractivity contribution in [3.05, 3.63) is 66.5 Å². The monoisotopic (exact) mass is 584 g/mol. The van der Waals surface area contributed by atoms with E-state index in [4.69, 9.17) is 0 Å². The molecule has 4 aromatic rings. The van der Waals surface area contributed by atoms with Crippen LogP contribution in [0.2, 0.25) is 0 Å². The Morgan fingerprint density at radius 3 is 2.51 bits per heavy atom. The number of rotatable bonds is 4. The van der Waals surface area contributed by atoms with Gasteiger partial charge in [-0.2, -0.15) is 5.26 Å². The predicted octanol–water partition coefficient (Wildman–Crippen LogP) is 4.01. The molecule has 0 bridgehead atoms. The van der Waals surface area contributed by atoms with Crippen LogP contribution >= 0.6 is 0 Å². The number of amides is 1. The van der Waals surface area contributed by atoms with Crippen molar-refractivity contribution in [1.29, 1.82) is 5.26 Å². The van der Waals surface area contributed by atoms with Gasteiger partial charge in [0, 0.05) is 62.3 Å². The number of piperidine rings is 1. The molecule has 2 aliphatic heterocycles. The fourth-order valence-corrected chi connectivity index (χ4v) is 5.88. The molecule has 43 heavy (non-hydrogen) atoms. The van der Waals surface area contributed by atoms with E-state index >= 15 is 4.39 Å². The standard InChI is InChI=1S/C30H31FN8O2.C2H6/c1-20-17-37(13-14-38(20)29(40)30(41)8-11-36(2)12-9-30)27-26-23(22-5-3-4-6-24(22)31)18-39(28(26)35-19-34-27)25-15-21(16-32)7-10-33-25;1-2/h3-7,10,15,18-20,41H,8-9,11-14,17H2,1-2H3;1-2H3. The molecule has 2 aliphatic rings. The Hall–Kier alpha value is -4.40. The van der Waals surface area contributed by atoms with Gasteiger partial charge in [-0.25, -0.2) is 19.3 Å². The molecule has 1 aromatic carbocycles. The molecule has 6 rings (SSSR count). The molecule has 1 atom stereocenters. The Morgan fingerprint density at radius 1 is 1.07 bits per heavy atom. The lowest BCUT2D eigenvalue weighted by Gasteiger charge is -2.45. The summed E-state index contributed by atoms with van der Waals surface area (Å²) in [6.07, 6.45) is 5.64. The first kappa shape index (κ1) is 30.1. The second kappa shape index (κ2) is 12.5. The number of aromatic nitrogens is 4. The van der Waals surface area contributed by atoms with E-state index in [-0.39, 0.29) is 17.8 Å². The minimum atomic E-state index is -1.34. The van der Waals surface area contributed by atoms with E-state index in [0.29, 0.717) is 84.9 Å². The Morgan fingerprint density at radius 2 is 1.81 bits per heavy atom. The quantitative estimate of drug-likeness (QED) is 0.383. The molecule has 1 amide bonds. The highest BCUT2D eigenvalue weighted by molar-refractivity contribution is 6.02. The number of nitrogens with zero attached hydrogens (tertiary/aromatic N) is 8. The number of benzene rings is 1. The van der Waals surface area contributed by atoms with E-state index in [9.17, 15) is 15.2 Å². The van der Waals surface area contributed by atoms with Crippen LogP contribution < -0.4 is 4.90 Å². The van der Waals surface area contributed by atoms with Gasteiger partial charge in [-0.1, -0.05) is 32.0 Å². The molecule has 0 aliphatic carbocycles. The Kier molecular flexibility index (Phi) is 8.71. The predicted molar refractivity (Wildman–Crippen MR) is 163 cm³/mol. The lowest BCUT2D eigenvalue weighted by atomic mass is 9.89. The molecule has 0 radical (unpaired) electrons. The van der Waals surface area contributed by atoms with Gasteiger partial charge in [0.15, 0.2) is 5.65 Å². The molecular formula is C32H37FN8O2. The fraction of sp³-hybridized carbons (Fsp3) is 0.406. The number of anilines is 1. The van der Waals surface area contributed by atoms with Crippen molar-refractivity contribution in [2.75, 3.05) is 44.7 Å². The molecule has 1 unspecified atom stereocenters. The van der Waals surface area contributed by atoms with Crippen molar-refractivity contribution in [3.63, 3.8) is 0 Å². The van der Waals surface area contributed by atoms with Crippen LogP contribution in [-0.2, 0) is 4.79 Å². The molecule has 0 spiro atoms. The third kappa shape index (κ3) is 5.68. The number of hydrogen-bond donors (Lipinski definition) is 1. The maximum absolute atomic E-state index is 15.2. The van der Waals surface area contributed by atoms with Gasteiger partial charge in [0.05, 0.1) is 17.0 Å². The largest absolute Gasteiger partial charge is 0.380 e. The molecule has 224 valence electrons.